The van der Waals surface area contributed by atoms with Crippen molar-refractivity contribution < 1.29 is 14.3 Å². The second-order valence-electron chi connectivity index (χ2n) is 9.63. The molecule has 1 aliphatic heterocycles. The second-order valence-corrected chi connectivity index (χ2v) is 10.5. The first kappa shape index (κ1) is 23.2. The fraction of sp³-hybridized carbons (Fsp3) is 0.500. The van der Waals surface area contributed by atoms with E-state index in [9.17, 15) is 9.59 Å². The molecule has 0 unspecified atom stereocenters. The number of nitrogens with zero attached hydrogens (tertiary/aromatic N) is 5. The number of piperidine rings is 1. The van der Waals surface area contributed by atoms with E-state index >= 15 is 0 Å². The third-order valence-electron chi connectivity index (χ3n) is 5.68. The van der Waals surface area contributed by atoms with Crippen LogP contribution in [0.3, 0.4) is 0 Å². The number of carbonyl (C=O) groups excluding carboxylic acids is 2. The lowest BCUT2D eigenvalue weighted by Gasteiger charge is -2.40. The molecule has 33 heavy (non-hydrogen) atoms. The number of carbonyl (C=O) groups is 2. The third kappa shape index (κ3) is 5.03. The van der Waals surface area contributed by atoms with Crippen molar-refractivity contribution in [2.75, 3.05) is 13.1 Å². The molecule has 3 aromatic rings. The third-order valence-corrected chi connectivity index (χ3v) is 6.56. The number of hydrogen-bond donors (Lipinski definition) is 0. The SMILES string of the molecule is CC(C)N(C(=O)c1csc(-c2cnn3ccccc23)n1)C1CCN(C(=O)OC(C)(C)C)CC1. The maximum absolute atomic E-state index is 13.5. The fourth-order valence-electron chi connectivity index (χ4n) is 4.20. The van der Waals surface area contributed by atoms with Crippen molar-refractivity contribution in [3.63, 3.8) is 0 Å². The standard InChI is InChI=1S/C24H31N5O3S/c1-16(2)29(17-9-12-27(13-10-17)23(31)32-24(3,4)5)22(30)19-15-33-21(26-19)18-14-25-28-11-7-6-8-20(18)28/h6-8,11,14-17H,9-10,12-13H2,1-5H3. The van der Waals surface area contributed by atoms with E-state index in [0.29, 0.717) is 31.6 Å². The molecule has 0 radical (unpaired) electrons. The van der Waals surface area contributed by atoms with E-state index in [1.54, 1.807) is 15.6 Å². The molecule has 0 saturated carbocycles. The van der Waals surface area contributed by atoms with Gasteiger partial charge >= 0.3 is 6.09 Å². The van der Waals surface area contributed by atoms with Gasteiger partial charge in [-0.3, -0.25) is 4.79 Å². The molecule has 0 aromatic carbocycles. The molecule has 9 heteroatoms. The Morgan fingerprint density at radius 2 is 1.94 bits per heavy atom. The summed E-state index contributed by atoms with van der Waals surface area (Å²) in [5.41, 5.74) is 1.81. The summed E-state index contributed by atoms with van der Waals surface area (Å²) in [5, 5.41) is 6.98. The first-order valence-electron chi connectivity index (χ1n) is 11.3. The summed E-state index contributed by atoms with van der Waals surface area (Å²) in [7, 11) is 0. The van der Waals surface area contributed by atoms with E-state index in [2.05, 4.69) is 10.1 Å². The summed E-state index contributed by atoms with van der Waals surface area (Å²) in [5.74, 6) is -0.0697. The lowest BCUT2D eigenvalue weighted by Crippen LogP contribution is -2.51. The van der Waals surface area contributed by atoms with Crippen LogP contribution in [0.15, 0.2) is 36.0 Å². The highest BCUT2D eigenvalue weighted by atomic mass is 32.1. The van der Waals surface area contributed by atoms with Gasteiger partial charge in [0, 0.05) is 36.8 Å². The zero-order valence-electron chi connectivity index (χ0n) is 19.8. The monoisotopic (exact) mass is 469 g/mol. The van der Waals surface area contributed by atoms with Crippen LogP contribution in [-0.2, 0) is 4.74 Å². The van der Waals surface area contributed by atoms with Crippen molar-refractivity contribution in [3.05, 3.63) is 41.7 Å². The number of rotatable bonds is 4. The highest BCUT2D eigenvalue weighted by molar-refractivity contribution is 7.13. The largest absolute Gasteiger partial charge is 0.444 e. The van der Waals surface area contributed by atoms with Gasteiger partial charge in [-0.1, -0.05) is 6.07 Å². The van der Waals surface area contributed by atoms with Gasteiger partial charge in [0.2, 0.25) is 0 Å². The van der Waals surface area contributed by atoms with Gasteiger partial charge in [0.1, 0.15) is 16.3 Å². The van der Waals surface area contributed by atoms with E-state index in [4.69, 9.17) is 4.74 Å². The van der Waals surface area contributed by atoms with Crippen molar-refractivity contribution >= 4 is 28.9 Å². The summed E-state index contributed by atoms with van der Waals surface area (Å²) in [6.45, 7) is 10.8. The molecule has 8 nitrogen and oxygen atoms in total. The molecule has 4 heterocycles. The van der Waals surface area contributed by atoms with E-state index in [1.165, 1.54) is 11.3 Å². The average molecular weight is 470 g/mol. The fourth-order valence-corrected chi connectivity index (χ4v) is 5.01. The minimum atomic E-state index is -0.517. The smallest absolute Gasteiger partial charge is 0.410 e. The number of aromatic nitrogens is 3. The molecule has 0 atom stereocenters. The number of thiazole rings is 1. The first-order chi connectivity index (χ1) is 15.6. The maximum atomic E-state index is 13.5. The maximum Gasteiger partial charge on any atom is 0.410 e. The van der Waals surface area contributed by atoms with Crippen LogP contribution >= 0.6 is 11.3 Å². The Morgan fingerprint density at radius 1 is 1.21 bits per heavy atom. The Hall–Kier alpha value is -2.94. The quantitative estimate of drug-likeness (QED) is 0.553. The molecule has 1 fully saturated rings. The van der Waals surface area contributed by atoms with Crippen molar-refractivity contribution in [2.24, 2.45) is 0 Å². The molecule has 0 N–H and O–H groups in total. The second kappa shape index (κ2) is 9.13. The summed E-state index contributed by atoms with van der Waals surface area (Å²) in [4.78, 5) is 34.2. The molecule has 4 rings (SSSR count). The molecule has 0 aliphatic carbocycles. The number of fused-ring (bicyclic) bond motifs is 1. The minimum absolute atomic E-state index is 0.0257. The highest BCUT2D eigenvalue weighted by Crippen LogP contribution is 2.29. The van der Waals surface area contributed by atoms with Crippen molar-refractivity contribution in [1.29, 1.82) is 0 Å². The molecule has 1 saturated heterocycles. The Balaban J connectivity index is 1.47. The van der Waals surface area contributed by atoms with Gasteiger partial charge in [-0.2, -0.15) is 5.10 Å². The number of pyridine rings is 1. The van der Waals surface area contributed by atoms with Crippen LogP contribution < -0.4 is 0 Å². The molecule has 0 spiro atoms. The molecular weight excluding hydrogens is 438 g/mol. The summed E-state index contributed by atoms with van der Waals surface area (Å²) in [6, 6.07) is 5.96. The summed E-state index contributed by atoms with van der Waals surface area (Å²) in [6.07, 6.45) is 4.82. The Bertz CT molecular complexity index is 1140. The number of ether oxygens (including phenoxy) is 1. The van der Waals surface area contributed by atoms with Gasteiger partial charge in [0.05, 0.1) is 17.3 Å². The van der Waals surface area contributed by atoms with Gasteiger partial charge in [-0.15, -0.1) is 11.3 Å². The molecule has 2 amide bonds. The molecule has 1 aliphatic rings. The number of hydrogen-bond acceptors (Lipinski definition) is 6. The zero-order valence-corrected chi connectivity index (χ0v) is 20.6. The van der Waals surface area contributed by atoms with Gasteiger partial charge in [-0.05, 0) is 59.6 Å². The topological polar surface area (TPSA) is 80.0 Å². The molecule has 176 valence electrons. The van der Waals surface area contributed by atoms with Crippen molar-refractivity contribution in [2.45, 2.75) is 65.1 Å². The minimum Gasteiger partial charge on any atom is -0.444 e. The first-order valence-corrected chi connectivity index (χ1v) is 12.2. The molecule has 0 bridgehead atoms. The van der Waals surface area contributed by atoms with E-state index < -0.39 is 5.60 Å². The van der Waals surface area contributed by atoms with Crippen LogP contribution in [0.4, 0.5) is 4.79 Å². The lowest BCUT2D eigenvalue weighted by atomic mass is 10.0. The van der Waals surface area contributed by atoms with Crippen molar-refractivity contribution in [3.8, 4) is 10.6 Å². The molecule has 3 aromatic heterocycles. The van der Waals surface area contributed by atoms with Crippen LogP contribution in [0, 0.1) is 0 Å². The molecular formula is C24H31N5O3S. The van der Waals surface area contributed by atoms with Gasteiger partial charge in [0.25, 0.3) is 5.91 Å². The van der Waals surface area contributed by atoms with Gasteiger partial charge in [0.15, 0.2) is 0 Å². The van der Waals surface area contributed by atoms with Crippen LogP contribution in [0.2, 0.25) is 0 Å². The van der Waals surface area contributed by atoms with Crippen LogP contribution in [0.5, 0.6) is 0 Å². The van der Waals surface area contributed by atoms with Crippen LogP contribution in [-0.4, -0.2) is 67.2 Å². The predicted molar refractivity (Wildman–Crippen MR) is 128 cm³/mol. The average Bonchev–Trinajstić information content (AvgIpc) is 3.40. The van der Waals surface area contributed by atoms with Crippen LogP contribution in [0.1, 0.15) is 57.9 Å². The van der Waals surface area contributed by atoms with E-state index in [1.807, 2.05) is 69.3 Å². The van der Waals surface area contributed by atoms with E-state index in [0.717, 1.165) is 16.1 Å². The van der Waals surface area contributed by atoms with E-state index in [-0.39, 0.29) is 24.1 Å². The van der Waals surface area contributed by atoms with Gasteiger partial charge < -0.3 is 14.5 Å². The zero-order chi connectivity index (χ0) is 23.8. The van der Waals surface area contributed by atoms with Gasteiger partial charge in [-0.25, -0.2) is 14.3 Å². The summed E-state index contributed by atoms with van der Waals surface area (Å²) >= 11 is 1.45. The normalized spacial score (nSPS) is 15.3. The van der Waals surface area contributed by atoms with Crippen LogP contribution in [0.25, 0.3) is 16.1 Å². The lowest BCUT2D eigenvalue weighted by molar-refractivity contribution is 0.0127. The van der Waals surface area contributed by atoms with Crippen molar-refractivity contribution in [1.82, 2.24) is 24.4 Å². The number of amides is 2. The highest BCUT2D eigenvalue weighted by Gasteiger charge is 2.34. The Morgan fingerprint density at radius 3 is 2.61 bits per heavy atom. The number of likely N-dealkylation sites (tertiary alicyclic amines) is 1. The Labute approximate surface area is 198 Å². The predicted octanol–water partition coefficient (Wildman–Crippen LogP) is 4.71. The Kier molecular flexibility index (Phi) is 6.43. The summed E-state index contributed by atoms with van der Waals surface area (Å²) < 4.78 is 7.30.